The number of rotatable bonds is 11. The van der Waals surface area contributed by atoms with E-state index in [4.69, 9.17) is 37.9 Å². The summed E-state index contributed by atoms with van der Waals surface area (Å²) in [5.74, 6) is -2.74. The third-order valence-electron chi connectivity index (χ3n) is 14.1. The molecule has 0 aromatic heterocycles. The number of carbonyl (C=O) groups excluding carboxylic acids is 2. The Kier molecular flexibility index (Phi) is 15.2. The van der Waals surface area contributed by atoms with Gasteiger partial charge in [0.25, 0.3) is 0 Å². The van der Waals surface area contributed by atoms with Crippen molar-refractivity contribution in [3.63, 3.8) is 0 Å². The van der Waals surface area contributed by atoms with Crippen LogP contribution in [0.3, 0.4) is 0 Å². The van der Waals surface area contributed by atoms with Crippen LogP contribution in [-0.4, -0.2) is 136 Å². The fraction of sp³-hybridized carbons (Fsp3) is 0.905. The molecule has 0 bridgehead atoms. The van der Waals surface area contributed by atoms with Gasteiger partial charge in [0, 0.05) is 43.6 Å². The van der Waals surface area contributed by atoms with Gasteiger partial charge < -0.3 is 47.9 Å². The summed E-state index contributed by atoms with van der Waals surface area (Å²) < 4.78 is 49.9. The summed E-state index contributed by atoms with van der Waals surface area (Å²) in [5.41, 5.74) is 10.3. The Morgan fingerprint density at radius 3 is 2.33 bits per heavy atom. The van der Waals surface area contributed by atoms with E-state index in [1.54, 1.807) is 14.2 Å². The lowest BCUT2D eigenvalue weighted by Gasteiger charge is -2.45. The average Bonchev–Trinajstić information content (AvgIpc) is 3.76. The zero-order chi connectivity index (χ0) is 41.1. The second-order valence-corrected chi connectivity index (χ2v) is 17.5. The zero-order valence-corrected chi connectivity index (χ0v) is 35.4. The Balaban J connectivity index is 1.28. The highest BCUT2D eigenvalue weighted by Gasteiger charge is 2.59. The third-order valence-corrected chi connectivity index (χ3v) is 14.1. The zero-order valence-electron chi connectivity index (χ0n) is 35.4. The summed E-state index contributed by atoms with van der Waals surface area (Å²) in [6.45, 7) is 10.3. The first-order chi connectivity index (χ1) is 27.3. The van der Waals surface area contributed by atoms with Crippen molar-refractivity contribution < 1.29 is 52.6 Å². The van der Waals surface area contributed by atoms with Crippen LogP contribution in [0.25, 0.3) is 10.4 Å². The van der Waals surface area contributed by atoms with Crippen molar-refractivity contribution in [2.24, 2.45) is 40.6 Å². The SMILES string of the molecule is CCOC1C(OC)[C@H](O[C@H]2C[C@H]3[C@@H]4C=C5C(=O)[C@H](C)[C@@H](OC6CC[C@H](N(C)C)C(C)O6)CCC[C@H](CC)OC(=O)C[C@H]5[C@@H]4[C@H](O)C(N=[N+]=[N-])[C@@H]3C2)OC(C)[C@@H]1OC. The average molecular weight is 805 g/mol. The van der Waals surface area contributed by atoms with Crippen molar-refractivity contribution >= 4 is 11.8 Å². The molecule has 15 heteroatoms. The molecule has 0 amide bonds. The first-order valence-electron chi connectivity index (χ1n) is 21.5. The van der Waals surface area contributed by atoms with Crippen LogP contribution in [0.2, 0.25) is 0 Å². The molecule has 6 rings (SSSR count). The number of aliphatic hydroxyl groups excluding tert-OH is 1. The molecule has 6 aliphatic rings. The maximum atomic E-state index is 14.9. The first kappa shape index (κ1) is 44.4. The lowest BCUT2D eigenvalue weighted by Crippen LogP contribution is -2.60. The minimum atomic E-state index is -1.09. The molecule has 3 saturated heterocycles. The highest BCUT2D eigenvalue weighted by molar-refractivity contribution is 5.99. The summed E-state index contributed by atoms with van der Waals surface area (Å²) in [5, 5.41) is 16.4. The summed E-state index contributed by atoms with van der Waals surface area (Å²) >= 11 is 0. The van der Waals surface area contributed by atoms with Gasteiger partial charge in [-0.25, -0.2) is 0 Å². The predicted molar refractivity (Wildman–Crippen MR) is 209 cm³/mol. The number of ether oxygens (including phenoxy) is 8. The number of azide groups is 1. The minimum Gasteiger partial charge on any atom is -0.462 e. The van der Waals surface area contributed by atoms with E-state index in [-0.39, 0.29) is 72.5 Å². The van der Waals surface area contributed by atoms with Gasteiger partial charge >= 0.3 is 5.97 Å². The van der Waals surface area contributed by atoms with Gasteiger partial charge in [0.1, 0.15) is 24.4 Å². The number of aliphatic hydroxyl groups is 1. The normalized spacial score (nSPS) is 45.5. The topological polar surface area (TPSA) is 180 Å². The maximum Gasteiger partial charge on any atom is 0.306 e. The minimum absolute atomic E-state index is 0.0237. The van der Waals surface area contributed by atoms with Gasteiger partial charge in [0.05, 0.1) is 43.0 Å². The number of hydrogen-bond donors (Lipinski definition) is 1. The summed E-state index contributed by atoms with van der Waals surface area (Å²) in [7, 11) is 7.34. The molecule has 1 N–H and O–H groups in total. The van der Waals surface area contributed by atoms with Gasteiger partial charge in [-0.1, -0.05) is 25.0 Å². The van der Waals surface area contributed by atoms with Gasteiger partial charge in [-0.05, 0) is 121 Å². The highest BCUT2D eigenvalue weighted by Crippen LogP contribution is 2.57. The van der Waals surface area contributed by atoms with Crippen molar-refractivity contribution in [3.05, 3.63) is 22.1 Å². The number of nitrogens with zero attached hydrogens (tertiary/aromatic N) is 4. The van der Waals surface area contributed by atoms with Crippen molar-refractivity contribution in [2.75, 3.05) is 34.9 Å². The molecular formula is C42H68N4O11. The Hall–Kier alpha value is -2.17. The van der Waals surface area contributed by atoms with Crippen LogP contribution >= 0.6 is 0 Å². The standard InChI is InChI=1S/C42H68N4O11/c1-10-24-13-12-14-32(57-34-16-15-31(46(6)7)22(4)53-34)21(3)37(48)30-19-27-26-17-25(56-42-41(51-9)40(52-11-2)39(50-8)23(5)54-42)18-29(26)36(44-45-43)38(49)35(27)28(30)20-33(47)55-24/h19,21-29,31-32,34-36,38-42,49H,10-18,20H2,1-9H3/t21-,22?,23?,24+,25+,26+,27+,28-,29-,31+,32+,34?,35-,36?,38+,39+,40?,41?,42+/m1/s1. The largest absolute Gasteiger partial charge is 0.462 e. The summed E-state index contributed by atoms with van der Waals surface area (Å²) in [6.07, 6.45) is 2.40. The van der Waals surface area contributed by atoms with Crippen LogP contribution < -0.4 is 0 Å². The van der Waals surface area contributed by atoms with E-state index in [0.717, 1.165) is 19.3 Å². The Morgan fingerprint density at radius 2 is 1.68 bits per heavy atom. The van der Waals surface area contributed by atoms with Crippen LogP contribution in [0.4, 0.5) is 0 Å². The van der Waals surface area contributed by atoms with Gasteiger partial charge in [0.15, 0.2) is 18.4 Å². The molecule has 0 radical (unpaired) electrons. The predicted octanol–water partition coefficient (Wildman–Crippen LogP) is 5.36. The number of carbonyl (C=O) groups is 2. The van der Waals surface area contributed by atoms with E-state index < -0.39 is 60.8 Å². The number of hydrogen-bond acceptors (Lipinski definition) is 13. The number of Topliss-reactive ketones (excluding diaryl/α,β-unsaturated/α-hetero) is 1. The fourth-order valence-electron chi connectivity index (χ4n) is 11.3. The number of likely N-dealkylation sites (N-methyl/N-ethyl adjacent to an activating group) is 1. The van der Waals surface area contributed by atoms with Crippen molar-refractivity contribution in [1.29, 1.82) is 0 Å². The molecule has 6 unspecified atom stereocenters. The molecule has 2 saturated carbocycles. The summed E-state index contributed by atoms with van der Waals surface area (Å²) in [4.78, 5) is 33.9. The second-order valence-electron chi connectivity index (χ2n) is 17.5. The molecule has 3 aliphatic carbocycles. The number of cyclic esters (lactones) is 1. The summed E-state index contributed by atoms with van der Waals surface area (Å²) in [6, 6.07) is -0.491. The fourth-order valence-corrected chi connectivity index (χ4v) is 11.3. The lowest BCUT2D eigenvalue weighted by molar-refractivity contribution is -0.317. The van der Waals surface area contributed by atoms with Crippen LogP contribution in [0.15, 0.2) is 16.8 Å². The van der Waals surface area contributed by atoms with Crippen LogP contribution in [0.1, 0.15) is 92.4 Å². The Labute approximate surface area is 338 Å². The van der Waals surface area contributed by atoms with Crippen molar-refractivity contribution in [2.45, 2.75) is 172 Å². The molecule has 57 heavy (non-hydrogen) atoms. The van der Waals surface area contributed by atoms with Crippen LogP contribution in [0.5, 0.6) is 0 Å². The van der Waals surface area contributed by atoms with Crippen LogP contribution in [-0.2, 0) is 47.5 Å². The van der Waals surface area contributed by atoms with E-state index in [2.05, 4.69) is 35.9 Å². The molecule has 0 aromatic carbocycles. The van der Waals surface area contributed by atoms with E-state index in [9.17, 15) is 20.2 Å². The van der Waals surface area contributed by atoms with Crippen LogP contribution in [0, 0.1) is 35.5 Å². The van der Waals surface area contributed by atoms with Gasteiger partial charge in [-0.2, -0.15) is 0 Å². The number of fused-ring (bicyclic) bond motifs is 5. The van der Waals surface area contributed by atoms with Gasteiger partial charge in [-0.15, -0.1) is 0 Å². The highest BCUT2D eigenvalue weighted by atomic mass is 16.7. The monoisotopic (exact) mass is 804 g/mol. The third kappa shape index (κ3) is 9.28. The van der Waals surface area contributed by atoms with E-state index in [1.165, 1.54) is 0 Å². The maximum absolute atomic E-state index is 14.9. The Bertz CT molecular complexity index is 1460. The Morgan fingerprint density at radius 1 is 0.947 bits per heavy atom. The van der Waals surface area contributed by atoms with E-state index in [0.29, 0.717) is 44.3 Å². The molecule has 5 fully saturated rings. The smallest absolute Gasteiger partial charge is 0.306 e. The molecule has 3 heterocycles. The van der Waals surface area contributed by atoms with Crippen molar-refractivity contribution in [3.8, 4) is 0 Å². The first-order valence-corrected chi connectivity index (χ1v) is 21.5. The lowest BCUT2D eigenvalue weighted by atomic mass is 9.63. The second kappa shape index (κ2) is 19.5. The molecule has 322 valence electrons. The number of allylic oxidation sites excluding steroid dienone is 2. The molecular weight excluding hydrogens is 736 g/mol. The molecule has 0 spiro atoms. The van der Waals surface area contributed by atoms with E-state index >= 15 is 0 Å². The number of methoxy groups -OCH3 is 2. The number of ketones is 1. The van der Waals surface area contributed by atoms with Gasteiger partial charge in [-0.3, -0.25) is 9.59 Å². The quantitative estimate of drug-likeness (QED) is 0.123. The van der Waals surface area contributed by atoms with E-state index in [1.807, 2.05) is 33.8 Å². The number of esters is 1. The van der Waals surface area contributed by atoms with Crippen molar-refractivity contribution in [1.82, 2.24) is 4.90 Å². The van der Waals surface area contributed by atoms with Gasteiger partial charge in [0.2, 0.25) is 0 Å². The molecule has 19 atom stereocenters. The molecule has 0 aromatic rings. The molecule has 3 aliphatic heterocycles. The molecule has 15 nitrogen and oxygen atoms in total.